The maximum Gasteiger partial charge on any atom is 0.334 e. The Balaban J connectivity index is 2.09. The highest BCUT2D eigenvalue weighted by molar-refractivity contribution is 5.93. The number of carboxylic acid groups (broad SMARTS) is 1. The first-order valence-electron chi connectivity index (χ1n) is 9.76. The number of aromatic nitrogens is 2. The number of anilines is 1. The zero-order valence-corrected chi connectivity index (χ0v) is 17.1. The Bertz CT molecular complexity index is 1270. The third kappa shape index (κ3) is 3.69. The summed E-state index contributed by atoms with van der Waals surface area (Å²) in [6, 6.07) is 17.9. The van der Waals surface area contributed by atoms with Crippen molar-refractivity contribution in [2.75, 3.05) is 26.0 Å². The van der Waals surface area contributed by atoms with E-state index in [2.05, 4.69) is 10.3 Å². The highest BCUT2D eigenvalue weighted by Gasteiger charge is 2.37. The second-order valence-corrected chi connectivity index (χ2v) is 7.60. The van der Waals surface area contributed by atoms with Crippen LogP contribution in [0.5, 0.6) is 0 Å². The van der Waals surface area contributed by atoms with Crippen molar-refractivity contribution in [2.24, 2.45) is 0 Å². The van der Waals surface area contributed by atoms with Crippen LogP contribution in [0.4, 0.5) is 5.82 Å². The lowest BCUT2D eigenvalue weighted by Gasteiger charge is -2.32. The monoisotopic (exact) mass is 418 g/mol. The zero-order valence-electron chi connectivity index (χ0n) is 17.1. The first-order chi connectivity index (χ1) is 14.9. The molecule has 2 aromatic carbocycles. The minimum atomic E-state index is -1.12. The molecule has 0 saturated carbocycles. The number of nitrogens with zero attached hydrogens (tertiary/aromatic N) is 2. The van der Waals surface area contributed by atoms with Crippen molar-refractivity contribution < 1.29 is 9.90 Å². The molecule has 1 atom stereocenters. The van der Waals surface area contributed by atoms with Gasteiger partial charge in [-0.05, 0) is 31.8 Å². The van der Waals surface area contributed by atoms with Crippen molar-refractivity contribution in [1.29, 1.82) is 0 Å². The van der Waals surface area contributed by atoms with Crippen molar-refractivity contribution in [3.05, 3.63) is 104 Å². The van der Waals surface area contributed by atoms with Crippen molar-refractivity contribution in [3.8, 4) is 5.69 Å². The summed E-state index contributed by atoms with van der Waals surface area (Å²) in [6.45, 7) is 0.292. The lowest BCUT2D eigenvalue weighted by Crippen LogP contribution is -2.40. The van der Waals surface area contributed by atoms with E-state index >= 15 is 0 Å². The normalized spacial score (nSPS) is 15.5. The minimum Gasteiger partial charge on any atom is -0.478 e. The van der Waals surface area contributed by atoms with Crippen LogP contribution in [0.15, 0.2) is 81.5 Å². The van der Waals surface area contributed by atoms with Gasteiger partial charge in [0.2, 0.25) is 0 Å². The smallest absolute Gasteiger partial charge is 0.334 e. The van der Waals surface area contributed by atoms with E-state index in [0.717, 1.165) is 0 Å². The number of carbonyl (C=O) groups is 1. The second kappa shape index (κ2) is 8.08. The first-order valence-corrected chi connectivity index (χ1v) is 9.76. The maximum absolute atomic E-state index is 13.0. The van der Waals surface area contributed by atoms with Gasteiger partial charge in [0.25, 0.3) is 5.56 Å². The summed E-state index contributed by atoms with van der Waals surface area (Å²) in [5, 5.41) is 13.2. The van der Waals surface area contributed by atoms with Gasteiger partial charge in [0.1, 0.15) is 5.82 Å². The van der Waals surface area contributed by atoms with E-state index in [9.17, 15) is 19.5 Å². The largest absolute Gasteiger partial charge is 0.478 e. The number of hydrogen-bond donors (Lipinski definition) is 3. The van der Waals surface area contributed by atoms with Crippen molar-refractivity contribution in [2.45, 2.75) is 5.92 Å². The fourth-order valence-corrected chi connectivity index (χ4v) is 3.97. The summed E-state index contributed by atoms with van der Waals surface area (Å²) in [5.41, 5.74) is 0.692. The molecule has 0 saturated heterocycles. The van der Waals surface area contributed by atoms with E-state index < -0.39 is 23.1 Å². The molecule has 8 nitrogen and oxygen atoms in total. The molecule has 0 fully saturated rings. The molecule has 3 aromatic rings. The van der Waals surface area contributed by atoms with Crippen LogP contribution in [-0.4, -0.2) is 46.2 Å². The molecule has 31 heavy (non-hydrogen) atoms. The predicted molar refractivity (Wildman–Crippen MR) is 118 cm³/mol. The molecule has 1 aromatic heterocycles. The summed E-state index contributed by atoms with van der Waals surface area (Å²) in [5.74, 6) is -1.69. The number of para-hydroxylation sites is 1. The Labute approximate surface area is 178 Å². The lowest BCUT2D eigenvalue weighted by atomic mass is 9.82. The second-order valence-electron chi connectivity index (χ2n) is 7.60. The van der Waals surface area contributed by atoms with Gasteiger partial charge in [-0.3, -0.25) is 9.78 Å². The number of hydrogen-bond acceptors (Lipinski definition) is 5. The molecule has 8 heteroatoms. The quantitative estimate of drug-likeness (QED) is 0.585. The topological polar surface area (TPSA) is 107 Å². The Kier molecular flexibility index (Phi) is 5.31. The average Bonchev–Trinajstić information content (AvgIpc) is 2.73. The fourth-order valence-electron chi connectivity index (χ4n) is 3.97. The number of fused-ring (bicyclic) bond motifs is 1. The van der Waals surface area contributed by atoms with Crippen LogP contribution in [0.3, 0.4) is 0 Å². The van der Waals surface area contributed by atoms with Gasteiger partial charge in [-0.15, -0.1) is 0 Å². The standard InChI is InChI=1S/C23H22N4O4/c1-26(2)13-16-18(22(29)30)17(14-9-5-3-6-10-14)19-20(24-16)27(23(31)25-21(19)28)15-11-7-4-8-12-15/h3-12,17,24H,13H2,1-2H3,(H,29,30)(H,25,28,31). The minimum absolute atomic E-state index is 0.0798. The van der Waals surface area contributed by atoms with E-state index in [-0.39, 0.29) is 17.0 Å². The first kappa shape index (κ1) is 20.4. The van der Waals surface area contributed by atoms with Gasteiger partial charge >= 0.3 is 11.7 Å². The third-order valence-electron chi connectivity index (χ3n) is 5.17. The SMILES string of the molecule is CN(C)CC1=C(C(=O)O)C(c2ccccc2)c2c(n(-c3ccccc3)c(=O)[nH]c2=O)N1. The van der Waals surface area contributed by atoms with Crippen LogP contribution in [0, 0.1) is 0 Å². The molecular formula is C23H22N4O4. The fraction of sp³-hybridized carbons (Fsp3) is 0.174. The number of likely N-dealkylation sites (N-methyl/N-ethyl adjacent to an activating group) is 1. The summed E-state index contributed by atoms with van der Waals surface area (Å²) >= 11 is 0. The average molecular weight is 418 g/mol. The van der Waals surface area contributed by atoms with Crippen LogP contribution >= 0.6 is 0 Å². The lowest BCUT2D eigenvalue weighted by molar-refractivity contribution is -0.133. The van der Waals surface area contributed by atoms with Gasteiger partial charge in [0.05, 0.1) is 22.7 Å². The maximum atomic E-state index is 13.0. The van der Waals surface area contributed by atoms with E-state index in [1.807, 2.05) is 31.1 Å². The molecular weight excluding hydrogens is 396 g/mol. The summed E-state index contributed by atoms with van der Waals surface area (Å²) in [6.07, 6.45) is 0. The molecule has 158 valence electrons. The molecule has 4 rings (SSSR count). The van der Waals surface area contributed by atoms with Gasteiger partial charge in [0.15, 0.2) is 0 Å². The number of carboxylic acids is 1. The van der Waals surface area contributed by atoms with Crippen LogP contribution in [0.2, 0.25) is 0 Å². The highest BCUT2D eigenvalue weighted by atomic mass is 16.4. The van der Waals surface area contributed by atoms with Crippen molar-refractivity contribution in [3.63, 3.8) is 0 Å². The van der Waals surface area contributed by atoms with Crippen LogP contribution < -0.4 is 16.6 Å². The molecule has 0 aliphatic carbocycles. The number of benzene rings is 2. The number of aliphatic carboxylic acids is 1. The molecule has 2 heterocycles. The van der Waals surface area contributed by atoms with Crippen molar-refractivity contribution in [1.82, 2.24) is 14.5 Å². The van der Waals surface area contributed by atoms with Gasteiger partial charge in [-0.2, -0.15) is 0 Å². The van der Waals surface area contributed by atoms with Crippen LogP contribution in [0.25, 0.3) is 5.69 Å². The van der Waals surface area contributed by atoms with Gasteiger partial charge in [-0.1, -0.05) is 48.5 Å². The number of H-pyrrole nitrogens is 1. The van der Waals surface area contributed by atoms with E-state index in [1.54, 1.807) is 48.5 Å². The Morgan fingerprint density at radius 1 is 1.03 bits per heavy atom. The van der Waals surface area contributed by atoms with Gasteiger partial charge in [0, 0.05) is 12.2 Å². The molecule has 1 aliphatic rings. The van der Waals surface area contributed by atoms with Crippen molar-refractivity contribution >= 4 is 11.8 Å². The van der Waals surface area contributed by atoms with Crippen LogP contribution in [0.1, 0.15) is 17.0 Å². The molecule has 1 unspecified atom stereocenters. The Morgan fingerprint density at radius 2 is 1.65 bits per heavy atom. The Morgan fingerprint density at radius 3 is 2.23 bits per heavy atom. The highest BCUT2D eigenvalue weighted by Crippen LogP contribution is 2.40. The number of aromatic amines is 1. The van der Waals surface area contributed by atoms with E-state index in [0.29, 0.717) is 23.5 Å². The summed E-state index contributed by atoms with van der Waals surface area (Å²) < 4.78 is 1.38. The molecule has 0 spiro atoms. The molecule has 0 amide bonds. The predicted octanol–water partition coefficient (Wildman–Crippen LogP) is 1.98. The van der Waals surface area contributed by atoms with Crippen LogP contribution in [-0.2, 0) is 4.79 Å². The zero-order chi connectivity index (χ0) is 22.1. The Hall–Kier alpha value is -3.91. The summed E-state index contributed by atoms with van der Waals surface area (Å²) in [7, 11) is 3.65. The molecule has 1 aliphatic heterocycles. The number of nitrogens with one attached hydrogen (secondary N) is 2. The summed E-state index contributed by atoms with van der Waals surface area (Å²) in [4.78, 5) is 42.4. The third-order valence-corrected chi connectivity index (χ3v) is 5.17. The van der Waals surface area contributed by atoms with Gasteiger partial charge in [-0.25, -0.2) is 14.2 Å². The molecule has 0 radical (unpaired) electrons. The number of rotatable bonds is 5. The molecule has 0 bridgehead atoms. The van der Waals surface area contributed by atoms with Gasteiger partial charge < -0.3 is 15.3 Å². The van der Waals surface area contributed by atoms with E-state index in [1.165, 1.54) is 4.57 Å². The molecule has 3 N–H and O–H groups in total. The van der Waals surface area contributed by atoms with E-state index in [4.69, 9.17) is 0 Å².